The number of aliphatic hydroxyl groups is 1. The fourth-order valence-electron chi connectivity index (χ4n) is 4.05. The van der Waals surface area contributed by atoms with Gasteiger partial charge in [-0.1, -0.05) is 50.7 Å². The number of hydrogen-bond acceptors (Lipinski definition) is 3. The van der Waals surface area contributed by atoms with Crippen LogP contribution in [-0.2, 0) is 4.79 Å². The van der Waals surface area contributed by atoms with Crippen molar-refractivity contribution in [1.29, 1.82) is 0 Å². The largest absolute Gasteiger partial charge is 0.481 e. The van der Waals surface area contributed by atoms with Crippen LogP contribution in [0.15, 0.2) is 12.2 Å². The van der Waals surface area contributed by atoms with Gasteiger partial charge in [0.1, 0.15) is 0 Å². The third kappa shape index (κ3) is 7.18. The minimum absolute atomic E-state index is 0.243. The Morgan fingerprint density at radius 3 is 2.58 bits per heavy atom. The summed E-state index contributed by atoms with van der Waals surface area (Å²) in [6.07, 6.45) is 16.2. The van der Waals surface area contributed by atoms with Gasteiger partial charge in [0.2, 0.25) is 0 Å². The van der Waals surface area contributed by atoms with Gasteiger partial charge in [-0.05, 0) is 54.9 Å². The van der Waals surface area contributed by atoms with Crippen LogP contribution in [0.25, 0.3) is 0 Å². The van der Waals surface area contributed by atoms with Gasteiger partial charge in [0.25, 0.3) is 0 Å². The van der Waals surface area contributed by atoms with Crippen molar-refractivity contribution in [2.75, 3.05) is 11.5 Å². The molecule has 1 heterocycles. The normalized spacial score (nSPS) is 26.9. The van der Waals surface area contributed by atoms with Crippen molar-refractivity contribution in [3.8, 4) is 0 Å². The highest BCUT2D eigenvalue weighted by molar-refractivity contribution is 7.99. The number of aliphatic hydroxyl groups excluding tert-OH is 1. The second-order valence-corrected chi connectivity index (χ2v) is 8.66. The molecule has 4 heteroatoms. The van der Waals surface area contributed by atoms with Crippen LogP contribution in [0, 0.1) is 17.8 Å². The predicted octanol–water partition coefficient (Wildman–Crippen LogP) is 4.89. The van der Waals surface area contributed by atoms with Crippen molar-refractivity contribution in [3.05, 3.63) is 12.2 Å². The molecule has 0 radical (unpaired) electrons. The number of carbonyl (C=O) groups is 1. The summed E-state index contributed by atoms with van der Waals surface area (Å²) in [5, 5.41) is 19.0. The monoisotopic (exact) mass is 354 g/mol. The molecule has 0 aromatic heterocycles. The van der Waals surface area contributed by atoms with E-state index < -0.39 is 5.97 Å². The Morgan fingerprint density at radius 2 is 1.83 bits per heavy atom. The fraction of sp³-hybridized carbons (Fsp3) is 0.850. The third-order valence-corrected chi connectivity index (χ3v) is 6.94. The van der Waals surface area contributed by atoms with Gasteiger partial charge in [0.15, 0.2) is 0 Å². The molecule has 2 fully saturated rings. The van der Waals surface area contributed by atoms with Gasteiger partial charge in [0.05, 0.1) is 6.10 Å². The van der Waals surface area contributed by atoms with Gasteiger partial charge in [-0.3, -0.25) is 4.79 Å². The molecule has 1 saturated heterocycles. The van der Waals surface area contributed by atoms with E-state index in [1.807, 2.05) is 11.8 Å². The Morgan fingerprint density at radius 1 is 1.08 bits per heavy atom. The van der Waals surface area contributed by atoms with Gasteiger partial charge < -0.3 is 10.2 Å². The molecule has 2 N–H and O–H groups in total. The van der Waals surface area contributed by atoms with Crippen LogP contribution in [0.4, 0.5) is 0 Å². The standard InChI is InChI=1S/C20H34O3S/c21-19(16-8-5-3-6-9-16)13-12-18-15-24-14-17(18)10-4-1-2-7-11-20(22)23/h12-13,16-19,21H,1-11,14-15H2,(H,22,23)/t17-,18-,19?/m0/s1. The first kappa shape index (κ1) is 19.8. The zero-order valence-electron chi connectivity index (χ0n) is 14.9. The smallest absolute Gasteiger partial charge is 0.303 e. The van der Waals surface area contributed by atoms with Crippen molar-refractivity contribution in [1.82, 2.24) is 0 Å². The summed E-state index contributed by atoms with van der Waals surface area (Å²) in [6, 6.07) is 0. The highest BCUT2D eigenvalue weighted by atomic mass is 32.2. The van der Waals surface area contributed by atoms with Crippen LogP contribution in [0.3, 0.4) is 0 Å². The second-order valence-electron chi connectivity index (χ2n) is 7.58. The van der Waals surface area contributed by atoms with Gasteiger partial charge in [-0.15, -0.1) is 0 Å². The molecule has 3 atom stereocenters. The molecular weight excluding hydrogens is 320 g/mol. The Hall–Kier alpha value is -0.480. The predicted molar refractivity (Wildman–Crippen MR) is 101 cm³/mol. The third-order valence-electron chi connectivity index (χ3n) is 5.65. The number of unbranched alkanes of at least 4 members (excludes halogenated alkanes) is 3. The molecule has 0 bridgehead atoms. The fourth-order valence-corrected chi connectivity index (χ4v) is 5.56. The van der Waals surface area contributed by atoms with Crippen molar-refractivity contribution in [3.63, 3.8) is 0 Å². The maximum atomic E-state index is 10.5. The Bertz CT molecular complexity index is 390. The van der Waals surface area contributed by atoms with E-state index in [1.165, 1.54) is 56.5 Å². The van der Waals surface area contributed by atoms with Crippen LogP contribution in [0.2, 0.25) is 0 Å². The first-order valence-electron chi connectivity index (χ1n) is 9.82. The molecule has 2 aliphatic rings. The maximum absolute atomic E-state index is 10.5. The van der Waals surface area contributed by atoms with E-state index >= 15 is 0 Å². The van der Waals surface area contributed by atoms with E-state index in [-0.39, 0.29) is 6.10 Å². The highest BCUT2D eigenvalue weighted by Gasteiger charge is 2.26. The highest BCUT2D eigenvalue weighted by Crippen LogP contribution is 2.35. The molecule has 1 unspecified atom stereocenters. The maximum Gasteiger partial charge on any atom is 0.303 e. The van der Waals surface area contributed by atoms with E-state index in [0.29, 0.717) is 18.3 Å². The van der Waals surface area contributed by atoms with Crippen molar-refractivity contribution >= 4 is 17.7 Å². The number of allylic oxidation sites excluding steroid dienone is 1. The van der Waals surface area contributed by atoms with Gasteiger partial charge in [-0.2, -0.15) is 11.8 Å². The molecular formula is C20H34O3S. The van der Waals surface area contributed by atoms with Gasteiger partial charge in [0, 0.05) is 6.42 Å². The lowest BCUT2D eigenvalue weighted by atomic mass is 9.84. The van der Waals surface area contributed by atoms with Gasteiger partial charge in [-0.25, -0.2) is 0 Å². The summed E-state index contributed by atoms with van der Waals surface area (Å²) in [7, 11) is 0. The number of carboxylic acid groups (broad SMARTS) is 1. The summed E-state index contributed by atoms with van der Waals surface area (Å²) >= 11 is 2.04. The molecule has 2 rings (SSSR count). The summed E-state index contributed by atoms with van der Waals surface area (Å²) in [5.41, 5.74) is 0. The lowest BCUT2D eigenvalue weighted by Crippen LogP contribution is -2.21. The van der Waals surface area contributed by atoms with E-state index in [9.17, 15) is 9.90 Å². The second kappa shape index (κ2) is 11.2. The SMILES string of the molecule is O=C(O)CCCCCC[C@H]1CSC[C@@H]1C=CC(O)C1CCCCC1. The Balaban J connectivity index is 1.64. The molecule has 0 aromatic rings. The van der Waals surface area contributed by atoms with Gasteiger partial charge >= 0.3 is 5.97 Å². The summed E-state index contributed by atoms with van der Waals surface area (Å²) in [5.74, 6) is 3.60. The molecule has 3 nitrogen and oxygen atoms in total. The number of thioether (sulfide) groups is 1. The number of rotatable bonds is 10. The minimum atomic E-state index is -0.677. The molecule has 0 spiro atoms. The van der Waals surface area contributed by atoms with Crippen molar-refractivity contribution < 1.29 is 15.0 Å². The number of hydrogen-bond donors (Lipinski definition) is 2. The summed E-state index contributed by atoms with van der Waals surface area (Å²) < 4.78 is 0. The van der Waals surface area contributed by atoms with Crippen molar-refractivity contribution in [2.45, 2.75) is 76.7 Å². The Kier molecular flexibility index (Phi) is 9.26. The first-order chi connectivity index (χ1) is 11.7. The van der Waals surface area contributed by atoms with Crippen LogP contribution in [0.5, 0.6) is 0 Å². The lowest BCUT2D eigenvalue weighted by molar-refractivity contribution is -0.137. The van der Waals surface area contributed by atoms with Crippen molar-refractivity contribution in [2.24, 2.45) is 17.8 Å². The zero-order chi connectivity index (χ0) is 17.2. The zero-order valence-corrected chi connectivity index (χ0v) is 15.7. The van der Waals surface area contributed by atoms with E-state index in [2.05, 4.69) is 12.2 Å². The average molecular weight is 355 g/mol. The van der Waals surface area contributed by atoms with E-state index in [4.69, 9.17) is 5.11 Å². The number of carboxylic acids is 1. The molecule has 1 aliphatic carbocycles. The summed E-state index contributed by atoms with van der Waals surface area (Å²) in [6.45, 7) is 0. The van der Waals surface area contributed by atoms with Crippen LogP contribution in [0.1, 0.15) is 70.6 Å². The molecule has 24 heavy (non-hydrogen) atoms. The summed E-state index contributed by atoms with van der Waals surface area (Å²) in [4.78, 5) is 10.5. The van der Waals surface area contributed by atoms with Crippen LogP contribution >= 0.6 is 11.8 Å². The molecule has 1 aliphatic heterocycles. The minimum Gasteiger partial charge on any atom is -0.481 e. The Labute approximate surface area is 151 Å². The quantitative estimate of drug-likeness (QED) is 0.433. The van der Waals surface area contributed by atoms with E-state index in [1.54, 1.807) is 0 Å². The van der Waals surface area contributed by atoms with Crippen LogP contribution < -0.4 is 0 Å². The van der Waals surface area contributed by atoms with E-state index in [0.717, 1.165) is 25.2 Å². The van der Waals surface area contributed by atoms with Crippen LogP contribution in [-0.4, -0.2) is 33.8 Å². The lowest BCUT2D eigenvalue weighted by Gasteiger charge is -2.25. The topological polar surface area (TPSA) is 57.5 Å². The first-order valence-corrected chi connectivity index (χ1v) is 11.0. The average Bonchev–Trinajstić information content (AvgIpc) is 3.03. The number of aliphatic carboxylic acids is 1. The molecule has 1 saturated carbocycles. The molecule has 0 aromatic carbocycles. The molecule has 0 amide bonds. The molecule has 138 valence electrons.